The van der Waals surface area contributed by atoms with E-state index in [0.717, 1.165) is 4.47 Å². The van der Waals surface area contributed by atoms with Crippen LogP contribution in [0.1, 0.15) is 26.3 Å². The van der Waals surface area contributed by atoms with E-state index in [2.05, 4.69) is 15.9 Å². The first-order valence-electron chi connectivity index (χ1n) is 5.96. The minimum Gasteiger partial charge on any atom is -0.270 e. The Kier molecular flexibility index (Phi) is 3.14. The van der Waals surface area contributed by atoms with Crippen LogP contribution >= 0.6 is 15.9 Å². The Morgan fingerprint density at radius 2 is 1.60 bits per heavy atom. The number of amides is 2. The standard InChI is InChI=1S/C15H9BrFNO2/c16-10-3-6-12-13(7-10)15(20)18(14(12)19)8-9-1-4-11(17)5-2-9/h1-7H,8H2. The summed E-state index contributed by atoms with van der Waals surface area (Å²) in [6.07, 6.45) is 0. The Balaban J connectivity index is 1.91. The molecule has 2 amide bonds. The molecule has 0 atom stereocenters. The summed E-state index contributed by atoms with van der Waals surface area (Å²) < 4.78 is 13.6. The third kappa shape index (κ3) is 2.14. The summed E-state index contributed by atoms with van der Waals surface area (Å²) >= 11 is 3.28. The molecule has 1 aliphatic rings. The third-order valence-corrected chi connectivity index (χ3v) is 3.68. The van der Waals surface area contributed by atoms with Gasteiger partial charge in [0, 0.05) is 4.47 Å². The van der Waals surface area contributed by atoms with Gasteiger partial charge in [0.1, 0.15) is 5.82 Å². The summed E-state index contributed by atoms with van der Waals surface area (Å²) in [7, 11) is 0. The predicted octanol–water partition coefficient (Wildman–Crippen LogP) is 3.38. The molecule has 100 valence electrons. The molecule has 20 heavy (non-hydrogen) atoms. The summed E-state index contributed by atoms with van der Waals surface area (Å²) in [6.45, 7) is 0.143. The first-order chi connectivity index (χ1) is 9.56. The van der Waals surface area contributed by atoms with Crippen molar-refractivity contribution in [1.82, 2.24) is 4.90 Å². The normalized spacial score (nSPS) is 13.8. The van der Waals surface area contributed by atoms with Crippen LogP contribution in [0.2, 0.25) is 0 Å². The second-order valence-corrected chi connectivity index (χ2v) is 5.43. The van der Waals surface area contributed by atoms with Gasteiger partial charge in [-0.15, -0.1) is 0 Å². The lowest BCUT2D eigenvalue weighted by atomic mass is 10.1. The molecule has 0 spiro atoms. The number of hydrogen-bond acceptors (Lipinski definition) is 2. The van der Waals surface area contributed by atoms with Crippen LogP contribution in [0, 0.1) is 5.82 Å². The topological polar surface area (TPSA) is 37.4 Å². The lowest BCUT2D eigenvalue weighted by molar-refractivity contribution is 0.0642. The maximum absolute atomic E-state index is 12.9. The maximum Gasteiger partial charge on any atom is 0.261 e. The van der Waals surface area contributed by atoms with Crippen LogP contribution in [0.25, 0.3) is 0 Å². The Morgan fingerprint density at radius 1 is 0.950 bits per heavy atom. The number of halogens is 2. The molecule has 0 N–H and O–H groups in total. The minimum atomic E-state index is -0.347. The van der Waals surface area contributed by atoms with E-state index in [4.69, 9.17) is 0 Å². The van der Waals surface area contributed by atoms with Crippen molar-refractivity contribution >= 4 is 27.7 Å². The second kappa shape index (κ2) is 4.83. The monoisotopic (exact) mass is 333 g/mol. The van der Waals surface area contributed by atoms with Gasteiger partial charge in [-0.2, -0.15) is 0 Å². The van der Waals surface area contributed by atoms with Crippen molar-refractivity contribution in [3.05, 3.63) is 69.4 Å². The van der Waals surface area contributed by atoms with Crippen LogP contribution in [0.4, 0.5) is 4.39 Å². The van der Waals surface area contributed by atoms with E-state index in [9.17, 15) is 14.0 Å². The van der Waals surface area contributed by atoms with E-state index in [0.29, 0.717) is 16.7 Å². The Labute approximate surface area is 123 Å². The van der Waals surface area contributed by atoms with Gasteiger partial charge in [-0.1, -0.05) is 28.1 Å². The van der Waals surface area contributed by atoms with Crippen LogP contribution < -0.4 is 0 Å². The van der Waals surface area contributed by atoms with Gasteiger partial charge >= 0.3 is 0 Å². The lowest BCUT2D eigenvalue weighted by Crippen LogP contribution is -2.29. The predicted molar refractivity (Wildman–Crippen MR) is 74.7 cm³/mol. The van der Waals surface area contributed by atoms with Crippen molar-refractivity contribution in [1.29, 1.82) is 0 Å². The zero-order valence-corrected chi connectivity index (χ0v) is 11.9. The highest BCUT2D eigenvalue weighted by Gasteiger charge is 2.35. The number of fused-ring (bicyclic) bond motifs is 1. The van der Waals surface area contributed by atoms with Crippen molar-refractivity contribution in [2.45, 2.75) is 6.54 Å². The molecule has 0 saturated carbocycles. The molecule has 0 aliphatic carbocycles. The molecule has 0 saturated heterocycles. The summed E-state index contributed by atoms with van der Waals surface area (Å²) in [5, 5.41) is 0. The number of benzene rings is 2. The van der Waals surface area contributed by atoms with Gasteiger partial charge in [0.05, 0.1) is 17.7 Å². The van der Waals surface area contributed by atoms with Gasteiger partial charge in [0.15, 0.2) is 0 Å². The molecule has 1 aliphatic heterocycles. The highest BCUT2D eigenvalue weighted by atomic mass is 79.9. The molecule has 2 aromatic rings. The van der Waals surface area contributed by atoms with Gasteiger partial charge in [-0.3, -0.25) is 14.5 Å². The summed E-state index contributed by atoms with van der Waals surface area (Å²) in [4.78, 5) is 25.6. The Morgan fingerprint density at radius 3 is 2.30 bits per heavy atom. The van der Waals surface area contributed by atoms with Gasteiger partial charge in [-0.25, -0.2) is 4.39 Å². The first-order valence-corrected chi connectivity index (χ1v) is 6.76. The Bertz CT molecular complexity index is 712. The molecule has 1 heterocycles. The molecular weight excluding hydrogens is 325 g/mol. The Hall–Kier alpha value is -2.01. The molecule has 0 bridgehead atoms. The minimum absolute atomic E-state index is 0.143. The summed E-state index contributed by atoms with van der Waals surface area (Å²) in [6, 6.07) is 10.7. The fraction of sp³-hybridized carbons (Fsp3) is 0.0667. The molecule has 5 heteroatoms. The maximum atomic E-state index is 12.9. The van der Waals surface area contributed by atoms with Crippen LogP contribution in [-0.2, 0) is 6.54 Å². The molecule has 3 rings (SSSR count). The fourth-order valence-corrected chi connectivity index (χ4v) is 2.54. The highest BCUT2D eigenvalue weighted by molar-refractivity contribution is 9.10. The molecular formula is C15H9BrFNO2. The van der Waals surface area contributed by atoms with Gasteiger partial charge in [0.2, 0.25) is 0 Å². The highest BCUT2D eigenvalue weighted by Crippen LogP contribution is 2.27. The molecule has 0 aromatic heterocycles. The number of imide groups is 1. The van der Waals surface area contributed by atoms with Crippen LogP contribution in [0.5, 0.6) is 0 Å². The largest absolute Gasteiger partial charge is 0.270 e. The number of rotatable bonds is 2. The van der Waals surface area contributed by atoms with Crippen molar-refractivity contribution in [3.8, 4) is 0 Å². The van der Waals surface area contributed by atoms with E-state index >= 15 is 0 Å². The van der Waals surface area contributed by atoms with E-state index < -0.39 is 0 Å². The molecule has 0 fully saturated rings. The molecule has 0 radical (unpaired) electrons. The molecule has 0 unspecified atom stereocenters. The SMILES string of the molecule is O=C1c2ccc(Br)cc2C(=O)N1Cc1ccc(F)cc1. The van der Waals surface area contributed by atoms with Crippen LogP contribution in [0.3, 0.4) is 0 Å². The van der Waals surface area contributed by atoms with Gasteiger partial charge in [-0.05, 0) is 35.9 Å². The zero-order valence-electron chi connectivity index (χ0n) is 10.3. The smallest absolute Gasteiger partial charge is 0.261 e. The number of carbonyl (C=O) groups is 2. The molecule has 2 aromatic carbocycles. The van der Waals surface area contributed by atoms with E-state index in [1.165, 1.54) is 17.0 Å². The number of hydrogen-bond donors (Lipinski definition) is 0. The van der Waals surface area contributed by atoms with E-state index in [1.54, 1.807) is 30.3 Å². The average Bonchev–Trinajstić information content (AvgIpc) is 2.66. The van der Waals surface area contributed by atoms with Crippen molar-refractivity contribution in [2.24, 2.45) is 0 Å². The van der Waals surface area contributed by atoms with Crippen molar-refractivity contribution < 1.29 is 14.0 Å². The van der Waals surface area contributed by atoms with Crippen LogP contribution in [-0.4, -0.2) is 16.7 Å². The van der Waals surface area contributed by atoms with Crippen molar-refractivity contribution in [2.75, 3.05) is 0 Å². The van der Waals surface area contributed by atoms with E-state index in [1.807, 2.05) is 0 Å². The summed E-state index contributed by atoms with van der Waals surface area (Å²) in [5.41, 5.74) is 1.51. The summed E-state index contributed by atoms with van der Waals surface area (Å²) in [5.74, 6) is -0.988. The molecule has 3 nitrogen and oxygen atoms in total. The third-order valence-electron chi connectivity index (χ3n) is 3.19. The van der Waals surface area contributed by atoms with Gasteiger partial charge < -0.3 is 0 Å². The average molecular weight is 334 g/mol. The number of carbonyl (C=O) groups excluding carboxylic acids is 2. The van der Waals surface area contributed by atoms with Gasteiger partial charge in [0.25, 0.3) is 11.8 Å². The second-order valence-electron chi connectivity index (χ2n) is 4.51. The van der Waals surface area contributed by atoms with E-state index in [-0.39, 0.29) is 24.2 Å². The van der Waals surface area contributed by atoms with Crippen molar-refractivity contribution in [3.63, 3.8) is 0 Å². The number of nitrogens with zero attached hydrogens (tertiary/aromatic N) is 1. The zero-order chi connectivity index (χ0) is 14.3. The first kappa shape index (κ1) is 13.0. The quantitative estimate of drug-likeness (QED) is 0.790. The van der Waals surface area contributed by atoms with Crippen LogP contribution in [0.15, 0.2) is 46.9 Å². The fourth-order valence-electron chi connectivity index (χ4n) is 2.18. The lowest BCUT2D eigenvalue weighted by Gasteiger charge is -2.13.